The van der Waals surface area contributed by atoms with E-state index in [0.717, 1.165) is 24.2 Å². The number of nitrogens with zero attached hydrogens (tertiary/aromatic N) is 3. The van der Waals surface area contributed by atoms with Gasteiger partial charge in [-0.15, -0.1) is 24.8 Å². The molecule has 0 saturated carbocycles. The summed E-state index contributed by atoms with van der Waals surface area (Å²) >= 11 is 6.09. The number of nitrogens with one attached hydrogen (secondary N) is 1. The van der Waals surface area contributed by atoms with Crippen LogP contribution in [0, 0.1) is 0 Å². The van der Waals surface area contributed by atoms with Crippen LogP contribution in [-0.2, 0) is 18.3 Å². The number of halogens is 3. The molecule has 0 bridgehead atoms. The second-order valence-corrected chi connectivity index (χ2v) is 6.00. The molecule has 3 rings (SSSR count). The Morgan fingerprint density at radius 1 is 1.42 bits per heavy atom. The monoisotopic (exact) mass is 390 g/mol. The third-order valence-electron chi connectivity index (χ3n) is 3.91. The Hall–Kier alpha value is -1.27. The summed E-state index contributed by atoms with van der Waals surface area (Å²) in [5.74, 6) is 0.125. The summed E-state index contributed by atoms with van der Waals surface area (Å²) in [6.45, 7) is 2.27. The van der Waals surface area contributed by atoms with Gasteiger partial charge in [-0.25, -0.2) is 0 Å². The number of piperazine rings is 1. The van der Waals surface area contributed by atoms with E-state index in [1.165, 1.54) is 0 Å². The minimum Gasteiger partial charge on any atom is -0.333 e. The molecule has 1 aromatic carbocycles. The summed E-state index contributed by atoms with van der Waals surface area (Å²) in [6, 6.07) is 7.76. The van der Waals surface area contributed by atoms with Crippen molar-refractivity contribution in [3.05, 3.63) is 52.8 Å². The predicted octanol–water partition coefficient (Wildman–Crippen LogP) is 2.63. The van der Waals surface area contributed by atoms with Gasteiger partial charge in [0.05, 0.1) is 18.7 Å². The summed E-state index contributed by atoms with van der Waals surface area (Å²) in [6.07, 6.45) is 4.01. The highest BCUT2D eigenvalue weighted by atomic mass is 35.5. The Bertz CT molecular complexity index is 677. The Balaban J connectivity index is 0.00000144. The summed E-state index contributed by atoms with van der Waals surface area (Å²) in [7, 11) is 1.85. The molecule has 2 aromatic rings. The second kappa shape index (κ2) is 9.28. The van der Waals surface area contributed by atoms with Gasteiger partial charge in [0.25, 0.3) is 0 Å². The molecule has 0 radical (unpaired) electrons. The molecule has 1 saturated heterocycles. The Morgan fingerprint density at radius 2 is 2.21 bits per heavy atom. The van der Waals surface area contributed by atoms with Crippen molar-refractivity contribution in [3.8, 4) is 0 Å². The maximum absolute atomic E-state index is 12.7. The highest BCUT2D eigenvalue weighted by molar-refractivity contribution is 6.30. The molecule has 1 atom stereocenters. The van der Waals surface area contributed by atoms with Crippen molar-refractivity contribution >= 4 is 42.3 Å². The molecule has 5 nitrogen and oxygen atoms in total. The molecular formula is C16H21Cl3N4O. The molecule has 132 valence electrons. The number of benzene rings is 1. The first-order valence-electron chi connectivity index (χ1n) is 7.36. The van der Waals surface area contributed by atoms with Crippen molar-refractivity contribution in [1.29, 1.82) is 0 Å². The standard InChI is InChI=1S/C16H19ClN4O.2ClH/c1-20-11-12(9-19-20)7-16(22)21-6-5-18-10-15(21)13-3-2-4-14(17)8-13;;/h2-4,8-9,11,15,18H,5-7,10H2,1H3;2*1H. The summed E-state index contributed by atoms with van der Waals surface area (Å²) < 4.78 is 1.72. The average molecular weight is 392 g/mol. The molecule has 0 aliphatic carbocycles. The van der Waals surface area contributed by atoms with E-state index in [1.54, 1.807) is 10.9 Å². The van der Waals surface area contributed by atoms with Crippen molar-refractivity contribution in [3.63, 3.8) is 0 Å². The number of hydrogen-bond donors (Lipinski definition) is 1. The fraction of sp³-hybridized carbons (Fsp3) is 0.375. The average Bonchev–Trinajstić information content (AvgIpc) is 2.92. The first kappa shape index (κ1) is 20.8. The maximum Gasteiger partial charge on any atom is 0.227 e. The number of aryl methyl sites for hydroxylation is 1. The van der Waals surface area contributed by atoms with E-state index in [1.807, 2.05) is 42.4 Å². The van der Waals surface area contributed by atoms with E-state index in [2.05, 4.69) is 10.4 Å². The third-order valence-corrected chi connectivity index (χ3v) is 4.15. The fourth-order valence-corrected chi connectivity index (χ4v) is 3.05. The number of rotatable bonds is 3. The van der Waals surface area contributed by atoms with E-state index in [-0.39, 0.29) is 36.8 Å². The highest BCUT2D eigenvalue weighted by Crippen LogP contribution is 2.25. The molecule has 1 aromatic heterocycles. The number of carbonyl (C=O) groups is 1. The number of amides is 1. The smallest absolute Gasteiger partial charge is 0.227 e. The zero-order chi connectivity index (χ0) is 15.5. The van der Waals surface area contributed by atoms with Crippen LogP contribution in [0.25, 0.3) is 0 Å². The van der Waals surface area contributed by atoms with Crippen LogP contribution in [0.15, 0.2) is 36.7 Å². The molecule has 24 heavy (non-hydrogen) atoms. The van der Waals surface area contributed by atoms with Gasteiger partial charge in [0.2, 0.25) is 5.91 Å². The van der Waals surface area contributed by atoms with Crippen LogP contribution in [0.5, 0.6) is 0 Å². The van der Waals surface area contributed by atoms with Crippen molar-refractivity contribution in [2.45, 2.75) is 12.5 Å². The molecule has 1 N–H and O–H groups in total. The van der Waals surface area contributed by atoms with E-state index < -0.39 is 0 Å². The molecule has 2 heterocycles. The lowest BCUT2D eigenvalue weighted by atomic mass is 10.0. The summed E-state index contributed by atoms with van der Waals surface area (Å²) in [5, 5.41) is 8.17. The molecule has 0 spiro atoms. The van der Waals surface area contributed by atoms with Gasteiger partial charge >= 0.3 is 0 Å². The van der Waals surface area contributed by atoms with Crippen LogP contribution in [0.4, 0.5) is 0 Å². The van der Waals surface area contributed by atoms with Gasteiger partial charge in [-0.3, -0.25) is 9.48 Å². The lowest BCUT2D eigenvalue weighted by Crippen LogP contribution is -2.49. The Labute approximate surface area is 159 Å². The van der Waals surface area contributed by atoms with Gasteiger partial charge in [-0.1, -0.05) is 23.7 Å². The second-order valence-electron chi connectivity index (χ2n) is 5.56. The molecular weight excluding hydrogens is 371 g/mol. The number of carbonyl (C=O) groups excluding carboxylic acids is 1. The van der Waals surface area contributed by atoms with Crippen LogP contribution >= 0.6 is 36.4 Å². The van der Waals surface area contributed by atoms with E-state index in [4.69, 9.17) is 11.6 Å². The van der Waals surface area contributed by atoms with Gasteiger partial charge in [-0.05, 0) is 23.3 Å². The maximum atomic E-state index is 12.7. The first-order valence-corrected chi connectivity index (χ1v) is 7.74. The van der Waals surface area contributed by atoms with Gasteiger partial charge in [0, 0.05) is 37.9 Å². The van der Waals surface area contributed by atoms with Crippen LogP contribution in [0.2, 0.25) is 5.02 Å². The Morgan fingerprint density at radius 3 is 2.88 bits per heavy atom. The summed E-state index contributed by atoms with van der Waals surface area (Å²) in [4.78, 5) is 14.6. The van der Waals surface area contributed by atoms with E-state index in [9.17, 15) is 4.79 Å². The third kappa shape index (κ3) is 4.86. The van der Waals surface area contributed by atoms with Crippen molar-refractivity contribution in [2.75, 3.05) is 19.6 Å². The van der Waals surface area contributed by atoms with Gasteiger partial charge < -0.3 is 10.2 Å². The lowest BCUT2D eigenvalue weighted by molar-refractivity contribution is -0.133. The van der Waals surface area contributed by atoms with Gasteiger partial charge in [-0.2, -0.15) is 5.10 Å². The highest BCUT2D eigenvalue weighted by Gasteiger charge is 2.28. The number of hydrogen-bond acceptors (Lipinski definition) is 3. The normalized spacial score (nSPS) is 16.9. The van der Waals surface area contributed by atoms with E-state index >= 15 is 0 Å². The molecule has 8 heteroatoms. The topological polar surface area (TPSA) is 50.2 Å². The molecule has 1 unspecified atom stereocenters. The van der Waals surface area contributed by atoms with Crippen molar-refractivity contribution in [2.24, 2.45) is 7.05 Å². The van der Waals surface area contributed by atoms with E-state index in [0.29, 0.717) is 18.0 Å². The quantitative estimate of drug-likeness (QED) is 0.875. The van der Waals surface area contributed by atoms with Crippen molar-refractivity contribution in [1.82, 2.24) is 20.0 Å². The molecule has 1 aliphatic heterocycles. The number of aromatic nitrogens is 2. The van der Waals surface area contributed by atoms with Crippen LogP contribution < -0.4 is 5.32 Å². The van der Waals surface area contributed by atoms with Gasteiger partial charge in [0.15, 0.2) is 0 Å². The van der Waals surface area contributed by atoms with Crippen LogP contribution in [0.1, 0.15) is 17.2 Å². The first-order chi connectivity index (χ1) is 10.6. The van der Waals surface area contributed by atoms with Gasteiger partial charge in [0.1, 0.15) is 0 Å². The van der Waals surface area contributed by atoms with Crippen LogP contribution in [0.3, 0.4) is 0 Å². The largest absolute Gasteiger partial charge is 0.333 e. The SMILES string of the molecule is Cl.Cl.Cn1cc(CC(=O)N2CCNCC2c2cccc(Cl)c2)cn1. The predicted molar refractivity (Wildman–Crippen MR) is 100 cm³/mol. The zero-order valence-electron chi connectivity index (χ0n) is 13.3. The molecule has 1 aliphatic rings. The zero-order valence-corrected chi connectivity index (χ0v) is 15.7. The van der Waals surface area contributed by atoms with Crippen molar-refractivity contribution < 1.29 is 4.79 Å². The lowest BCUT2D eigenvalue weighted by Gasteiger charge is -2.36. The molecule has 1 amide bonds. The fourth-order valence-electron chi connectivity index (χ4n) is 2.85. The minimum absolute atomic E-state index is 0. The molecule has 1 fully saturated rings. The minimum atomic E-state index is 0. The summed E-state index contributed by atoms with van der Waals surface area (Å²) in [5.41, 5.74) is 2.01. The Kier molecular flexibility index (Phi) is 8.03. The van der Waals surface area contributed by atoms with Crippen LogP contribution in [-0.4, -0.2) is 40.2 Å².